The molecule has 19 heavy (non-hydrogen) atoms. The van der Waals surface area contributed by atoms with Crippen LogP contribution in [0.2, 0.25) is 0 Å². The summed E-state index contributed by atoms with van der Waals surface area (Å²) in [4.78, 5) is 0. The summed E-state index contributed by atoms with van der Waals surface area (Å²) in [6.07, 6.45) is 9.65. The van der Waals surface area contributed by atoms with Crippen molar-refractivity contribution in [2.75, 3.05) is 6.54 Å². The van der Waals surface area contributed by atoms with E-state index in [2.05, 4.69) is 25.1 Å². The first-order valence-corrected chi connectivity index (χ1v) is 8.09. The summed E-state index contributed by atoms with van der Waals surface area (Å²) in [7, 11) is 0. The topological polar surface area (TPSA) is 26.0 Å². The maximum Gasteiger partial charge on any atom is 0.00158 e. The van der Waals surface area contributed by atoms with Crippen molar-refractivity contribution in [1.29, 1.82) is 0 Å². The van der Waals surface area contributed by atoms with Crippen molar-refractivity contribution >= 4 is 0 Å². The van der Waals surface area contributed by atoms with Gasteiger partial charge in [0.2, 0.25) is 0 Å². The van der Waals surface area contributed by atoms with E-state index in [0.29, 0.717) is 10.8 Å². The summed E-state index contributed by atoms with van der Waals surface area (Å²) < 4.78 is 0. The average Bonchev–Trinajstić information content (AvgIpc) is 3.31. The molecule has 2 spiro atoms. The van der Waals surface area contributed by atoms with Crippen molar-refractivity contribution in [1.82, 2.24) is 0 Å². The Morgan fingerprint density at radius 1 is 1.21 bits per heavy atom. The molecule has 4 rings (SSSR count). The molecule has 3 aliphatic carbocycles. The van der Waals surface area contributed by atoms with E-state index in [1.54, 1.807) is 16.7 Å². The number of aryl methyl sites for hydroxylation is 1. The van der Waals surface area contributed by atoms with Crippen LogP contribution in [0.25, 0.3) is 0 Å². The predicted octanol–water partition coefficient (Wildman–Crippen LogP) is 3.90. The number of nitrogens with two attached hydrogens (primary N) is 1. The molecule has 2 saturated carbocycles. The van der Waals surface area contributed by atoms with Gasteiger partial charge in [-0.2, -0.15) is 0 Å². The Kier molecular flexibility index (Phi) is 2.42. The van der Waals surface area contributed by atoms with Crippen molar-refractivity contribution in [2.45, 2.75) is 63.2 Å². The summed E-state index contributed by atoms with van der Waals surface area (Å²) in [5.74, 6) is 0.736. The van der Waals surface area contributed by atoms with Crippen LogP contribution in [-0.2, 0) is 11.8 Å². The van der Waals surface area contributed by atoms with Gasteiger partial charge in [0, 0.05) is 5.41 Å². The molecule has 102 valence electrons. The van der Waals surface area contributed by atoms with Crippen LogP contribution in [-0.4, -0.2) is 6.54 Å². The molecule has 1 unspecified atom stereocenters. The van der Waals surface area contributed by atoms with Crippen molar-refractivity contribution in [3.05, 3.63) is 34.9 Å². The number of hydrogen-bond donors (Lipinski definition) is 1. The third kappa shape index (κ3) is 1.45. The monoisotopic (exact) mass is 255 g/mol. The quantitative estimate of drug-likeness (QED) is 0.871. The van der Waals surface area contributed by atoms with Gasteiger partial charge in [-0.1, -0.05) is 25.1 Å². The first-order valence-electron chi connectivity index (χ1n) is 8.09. The van der Waals surface area contributed by atoms with E-state index in [-0.39, 0.29) is 0 Å². The van der Waals surface area contributed by atoms with Gasteiger partial charge in [0.25, 0.3) is 0 Å². The standard InChI is InChI=1S/C18H25N/c1-2-13-4-3-5-15-14(6-11-19)12-17(7-8-17)18(9-10-18)16(13)15/h3-5,14H,2,6-12,19H2,1H3. The molecule has 0 aliphatic heterocycles. The van der Waals surface area contributed by atoms with Gasteiger partial charge in [-0.25, -0.2) is 0 Å². The van der Waals surface area contributed by atoms with E-state index in [1.807, 2.05) is 0 Å². The molecule has 1 heteroatoms. The minimum atomic E-state index is 0.597. The lowest BCUT2D eigenvalue weighted by molar-refractivity contribution is 0.284. The van der Waals surface area contributed by atoms with E-state index >= 15 is 0 Å². The highest BCUT2D eigenvalue weighted by atomic mass is 14.7. The molecule has 0 saturated heterocycles. The predicted molar refractivity (Wildman–Crippen MR) is 79.4 cm³/mol. The minimum Gasteiger partial charge on any atom is -0.330 e. The van der Waals surface area contributed by atoms with Gasteiger partial charge in [0.05, 0.1) is 0 Å². The maximum absolute atomic E-state index is 5.88. The average molecular weight is 255 g/mol. The molecule has 2 N–H and O–H groups in total. The number of hydrogen-bond acceptors (Lipinski definition) is 1. The Labute approximate surface area is 116 Å². The summed E-state index contributed by atoms with van der Waals surface area (Å²) in [6.45, 7) is 3.15. The molecule has 1 aromatic rings. The smallest absolute Gasteiger partial charge is 0.00158 e. The Morgan fingerprint density at radius 2 is 2.00 bits per heavy atom. The van der Waals surface area contributed by atoms with Crippen molar-refractivity contribution in [3.63, 3.8) is 0 Å². The van der Waals surface area contributed by atoms with Gasteiger partial charge in [0.1, 0.15) is 0 Å². The summed E-state index contributed by atoms with van der Waals surface area (Å²) >= 11 is 0. The van der Waals surface area contributed by atoms with E-state index in [1.165, 1.54) is 44.9 Å². The van der Waals surface area contributed by atoms with Crippen LogP contribution in [0.4, 0.5) is 0 Å². The molecule has 1 aromatic carbocycles. The van der Waals surface area contributed by atoms with Gasteiger partial charge in [-0.15, -0.1) is 0 Å². The molecule has 0 aromatic heterocycles. The van der Waals surface area contributed by atoms with Crippen molar-refractivity contribution < 1.29 is 0 Å². The van der Waals surface area contributed by atoms with Crippen LogP contribution in [0, 0.1) is 5.41 Å². The van der Waals surface area contributed by atoms with E-state index in [0.717, 1.165) is 12.5 Å². The molecule has 0 bridgehead atoms. The second-order valence-electron chi connectivity index (χ2n) is 7.08. The summed E-state index contributed by atoms with van der Waals surface area (Å²) in [6, 6.07) is 7.06. The largest absolute Gasteiger partial charge is 0.330 e. The lowest BCUT2D eigenvalue weighted by atomic mass is 9.63. The molecule has 1 atom stereocenters. The maximum atomic E-state index is 5.88. The first-order chi connectivity index (χ1) is 9.26. The molecular formula is C18H25N. The number of fused-ring (bicyclic) bond motifs is 3. The van der Waals surface area contributed by atoms with Crippen LogP contribution < -0.4 is 5.73 Å². The highest BCUT2D eigenvalue weighted by molar-refractivity contribution is 5.52. The second-order valence-corrected chi connectivity index (χ2v) is 7.08. The molecule has 0 heterocycles. The fraction of sp³-hybridized carbons (Fsp3) is 0.667. The molecule has 3 aliphatic rings. The van der Waals surface area contributed by atoms with Gasteiger partial charge in [-0.05, 0) is 79.5 Å². The van der Waals surface area contributed by atoms with Crippen LogP contribution in [0.5, 0.6) is 0 Å². The van der Waals surface area contributed by atoms with Crippen LogP contribution in [0.15, 0.2) is 18.2 Å². The number of benzene rings is 1. The van der Waals surface area contributed by atoms with Crippen LogP contribution in [0.3, 0.4) is 0 Å². The minimum absolute atomic E-state index is 0.597. The first kappa shape index (κ1) is 12.0. The van der Waals surface area contributed by atoms with Crippen LogP contribution >= 0.6 is 0 Å². The zero-order valence-electron chi connectivity index (χ0n) is 12.0. The third-order valence-electron chi connectivity index (χ3n) is 6.25. The normalized spacial score (nSPS) is 28.4. The fourth-order valence-corrected chi connectivity index (χ4v) is 5.08. The van der Waals surface area contributed by atoms with Crippen molar-refractivity contribution in [2.24, 2.45) is 11.1 Å². The van der Waals surface area contributed by atoms with Crippen LogP contribution in [0.1, 0.15) is 68.1 Å². The molecule has 2 fully saturated rings. The number of rotatable bonds is 3. The zero-order chi connectivity index (χ0) is 13.1. The molecule has 0 radical (unpaired) electrons. The Morgan fingerprint density at radius 3 is 2.58 bits per heavy atom. The molecular weight excluding hydrogens is 230 g/mol. The highest BCUT2D eigenvalue weighted by Gasteiger charge is 2.68. The molecule has 0 amide bonds. The molecule has 1 nitrogen and oxygen atoms in total. The summed E-state index contributed by atoms with van der Waals surface area (Å²) in [5, 5.41) is 0. The van der Waals surface area contributed by atoms with Gasteiger partial charge in [0.15, 0.2) is 0 Å². The van der Waals surface area contributed by atoms with Gasteiger partial charge in [-0.3, -0.25) is 0 Å². The summed E-state index contributed by atoms with van der Waals surface area (Å²) in [5.41, 5.74) is 12.2. The van der Waals surface area contributed by atoms with E-state index < -0.39 is 0 Å². The third-order valence-corrected chi connectivity index (χ3v) is 6.25. The van der Waals surface area contributed by atoms with E-state index in [4.69, 9.17) is 5.73 Å². The highest BCUT2D eigenvalue weighted by Crippen LogP contribution is 2.76. The SMILES string of the molecule is CCc1cccc2c1C1(CC1)C1(CC1)CC2CCN. The van der Waals surface area contributed by atoms with Crippen molar-refractivity contribution in [3.8, 4) is 0 Å². The van der Waals surface area contributed by atoms with Gasteiger partial charge >= 0.3 is 0 Å². The van der Waals surface area contributed by atoms with Gasteiger partial charge < -0.3 is 5.73 Å². The Bertz CT molecular complexity index is 508. The second kappa shape index (κ2) is 3.85. The zero-order valence-corrected chi connectivity index (χ0v) is 12.0. The Balaban J connectivity index is 1.89. The van der Waals surface area contributed by atoms with E-state index in [9.17, 15) is 0 Å². The lowest BCUT2D eigenvalue weighted by Gasteiger charge is -2.41. The lowest BCUT2D eigenvalue weighted by Crippen LogP contribution is -2.33. The Hall–Kier alpha value is -0.820. The fourth-order valence-electron chi connectivity index (χ4n) is 5.08.